The van der Waals surface area contributed by atoms with Crippen molar-refractivity contribution in [3.8, 4) is 22.1 Å². The number of amides is 1. The van der Waals surface area contributed by atoms with Gasteiger partial charge >= 0.3 is 0 Å². The first-order valence-electron chi connectivity index (χ1n) is 9.70. The van der Waals surface area contributed by atoms with E-state index < -0.39 is 0 Å². The second-order valence-electron chi connectivity index (χ2n) is 7.03. The van der Waals surface area contributed by atoms with E-state index in [0.29, 0.717) is 13.0 Å². The van der Waals surface area contributed by atoms with Gasteiger partial charge in [0.2, 0.25) is 5.91 Å². The fourth-order valence-corrected chi connectivity index (χ4v) is 4.61. The zero-order valence-electron chi connectivity index (χ0n) is 16.7. The Labute approximate surface area is 174 Å². The van der Waals surface area contributed by atoms with Crippen LogP contribution in [0.3, 0.4) is 0 Å². The van der Waals surface area contributed by atoms with Gasteiger partial charge in [-0.25, -0.2) is 4.98 Å². The summed E-state index contributed by atoms with van der Waals surface area (Å²) in [5, 5.41) is 0.987. The minimum Gasteiger partial charge on any atom is -0.497 e. The van der Waals surface area contributed by atoms with Crippen molar-refractivity contribution in [1.82, 2.24) is 9.88 Å². The van der Waals surface area contributed by atoms with E-state index >= 15 is 0 Å². The molecule has 2 aromatic carbocycles. The number of rotatable bonds is 6. The van der Waals surface area contributed by atoms with Gasteiger partial charge in [-0.15, -0.1) is 11.3 Å². The van der Waals surface area contributed by atoms with Crippen LogP contribution in [0.25, 0.3) is 10.6 Å². The molecule has 0 N–H and O–H groups in total. The minimum absolute atomic E-state index is 0.197. The molecule has 1 aliphatic heterocycles. The Morgan fingerprint density at radius 2 is 1.90 bits per heavy atom. The number of thiazole rings is 1. The molecule has 0 radical (unpaired) electrons. The van der Waals surface area contributed by atoms with Gasteiger partial charge in [0.05, 0.1) is 26.5 Å². The molecule has 0 unspecified atom stereocenters. The third kappa shape index (κ3) is 4.43. The second-order valence-corrected chi connectivity index (χ2v) is 8.12. The third-order valence-corrected chi connectivity index (χ3v) is 6.32. The zero-order valence-corrected chi connectivity index (χ0v) is 17.5. The molecule has 2 heterocycles. The molecule has 0 bridgehead atoms. The topological polar surface area (TPSA) is 51.7 Å². The minimum atomic E-state index is 0.197. The first-order chi connectivity index (χ1) is 14.2. The molecule has 29 heavy (non-hydrogen) atoms. The largest absolute Gasteiger partial charge is 0.497 e. The number of benzene rings is 2. The van der Waals surface area contributed by atoms with E-state index in [4.69, 9.17) is 14.5 Å². The Morgan fingerprint density at radius 3 is 2.66 bits per heavy atom. The zero-order chi connectivity index (χ0) is 20.2. The molecule has 0 atom stereocenters. The van der Waals surface area contributed by atoms with Crippen molar-refractivity contribution in [2.75, 3.05) is 20.8 Å². The van der Waals surface area contributed by atoms with Gasteiger partial charge in [0.15, 0.2) is 0 Å². The molecule has 5 nitrogen and oxygen atoms in total. The first-order valence-corrected chi connectivity index (χ1v) is 10.5. The summed E-state index contributed by atoms with van der Waals surface area (Å²) in [6.07, 6.45) is 2.07. The fourth-order valence-electron chi connectivity index (χ4n) is 3.49. The Bertz CT molecular complexity index is 998. The number of ether oxygens (including phenoxy) is 2. The molecule has 1 aliphatic rings. The van der Waals surface area contributed by atoms with Crippen molar-refractivity contribution in [3.05, 3.63) is 64.7 Å². The van der Waals surface area contributed by atoms with Crippen LogP contribution in [0.2, 0.25) is 0 Å². The highest BCUT2D eigenvalue weighted by molar-refractivity contribution is 7.15. The molecule has 0 aliphatic carbocycles. The molecule has 150 valence electrons. The SMILES string of the molecule is COc1ccc(CCC(=O)N2CCc3nc(-c4cccc(OC)c4)sc3C2)cc1. The van der Waals surface area contributed by atoms with Gasteiger partial charge in [-0.1, -0.05) is 24.3 Å². The van der Waals surface area contributed by atoms with Gasteiger partial charge in [0.1, 0.15) is 16.5 Å². The number of aromatic nitrogens is 1. The quantitative estimate of drug-likeness (QED) is 0.609. The third-order valence-electron chi connectivity index (χ3n) is 5.19. The molecule has 6 heteroatoms. The Kier molecular flexibility index (Phi) is 5.81. The molecule has 0 spiro atoms. The Balaban J connectivity index is 1.40. The van der Waals surface area contributed by atoms with Crippen LogP contribution >= 0.6 is 11.3 Å². The smallest absolute Gasteiger partial charge is 0.223 e. The Hall–Kier alpha value is -2.86. The van der Waals surface area contributed by atoms with Crippen LogP contribution in [-0.2, 0) is 24.2 Å². The van der Waals surface area contributed by atoms with Gasteiger partial charge in [-0.05, 0) is 36.2 Å². The maximum Gasteiger partial charge on any atom is 0.223 e. The average Bonchev–Trinajstić information content (AvgIpc) is 3.21. The number of carbonyl (C=O) groups excluding carboxylic acids is 1. The van der Waals surface area contributed by atoms with Crippen LogP contribution in [0.1, 0.15) is 22.6 Å². The number of aryl methyl sites for hydroxylation is 1. The summed E-state index contributed by atoms with van der Waals surface area (Å²) in [7, 11) is 3.32. The normalized spacial score (nSPS) is 13.1. The molecule has 0 saturated carbocycles. The number of carbonyl (C=O) groups is 1. The summed E-state index contributed by atoms with van der Waals surface area (Å²) in [4.78, 5) is 20.7. The van der Waals surface area contributed by atoms with Crippen molar-refractivity contribution >= 4 is 17.2 Å². The Morgan fingerprint density at radius 1 is 1.10 bits per heavy atom. The van der Waals surface area contributed by atoms with Gasteiger partial charge in [0, 0.05) is 29.8 Å². The first kappa shape index (κ1) is 19.5. The van der Waals surface area contributed by atoms with E-state index in [9.17, 15) is 4.79 Å². The van der Waals surface area contributed by atoms with Gasteiger partial charge < -0.3 is 14.4 Å². The molecular weight excluding hydrogens is 384 g/mol. The summed E-state index contributed by atoms with van der Waals surface area (Å²) in [5.74, 6) is 1.86. The maximum absolute atomic E-state index is 12.7. The lowest BCUT2D eigenvalue weighted by molar-refractivity contribution is -0.132. The van der Waals surface area contributed by atoms with Gasteiger partial charge in [-0.3, -0.25) is 4.79 Å². The van der Waals surface area contributed by atoms with E-state index in [2.05, 4.69) is 0 Å². The van der Waals surface area contributed by atoms with Gasteiger partial charge in [0.25, 0.3) is 0 Å². The van der Waals surface area contributed by atoms with Crippen LogP contribution in [0.4, 0.5) is 0 Å². The van der Waals surface area contributed by atoms with Gasteiger partial charge in [-0.2, -0.15) is 0 Å². The molecule has 3 aromatic rings. The fraction of sp³-hybridized carbons (Fsp3) is 0.304. The highest BCUT2D eigenvalue weighted by Crippen LogP contribution is 2.33. The van der Waals surface area contributed by atoms with Crippen molar-refractivity contribution < 1.29 is 14.3 Å². The predicted octanol–water partition coefficient (Wildman–Crippen LogP) is 4.34. The number of fused-ring (bicyclic) bond motifs is 1. The van der Waals surface area contributed by atoms with Crippen LogP contribution in [-0.4, -0.2) is 36.6 Å². The lowest BCUT2D eigenvalue weighted by Crippen LogP contribution is -2.35. The van der Waals surface area contributed by atoms with Crippen molar-refractivity contribution in [2.45, 2.75) is 25.8 Å². The summed E-state index contributed by atoms with van der Waals surface area (Å²) < 4.78 is 10.5. The monoisotopic (exact) mass is 408 g/mol. The highest BCUT2D eigenvalue weighted by atomic mass is 32.1. The molecule has 0 saturated heterocycles. The molecule has 0 fully saturated rings. The van der Waals surface area contributed by atoms with Crippen LogP contribution < -0.4 is 9.47 Å². The number of hydrogen-bond donors (Lipinski definition) is 0. The lowest BCUT2D eigenvalue weighted by atomic mass is 10.1. The second kappa shape index (κ2) is 8.66. The number of nitrogens with zero attached hydrogens (tertiary/aromatic N) is 2. The molecular formula is C23H24N2O3S. The summed E-state index contributed by atoms with van der Waals surface area (Å²) in [6.45, 7) is 1.38. The van der Waals surface area contributed by atoms with Crippen molar-refractivity contribution in [3.63, 3.8) is 0 Å². The molecule has 1 amide bonds. The highest BCUT2D eigenvalue weighted by Gasteiger charge is 2.24. The van der Waals surface area contributed by atoms with Crippen LogP contribution in [0.15, 0.2) is 48.5 Å². The van der Waals surface area contributed by atoms with Crippen molar-refractivity contribution in [1.29, 1.82) is 0 Å². The van der Waals surface area contributed by atoms with Crippen LogP contribution in [0, 0.1) is 0 Å². The maximum atomic E-state index is 12.7. The van der Waals surface area contributed by atoms with E-state index in [0.717, 1.165) is 52.7 Å². The summed E-state index contributed by atoms with van der Waals surface area (Å²) in [6, 6.07) is 15.9. The van der Waals surface area contributed by atoms with Crippen LogP contribution in [0.5, 0.6) is 11.5 Å². The summed E-state index contributed by atoms with van der Waals surface area (Å²) >= 11 is 1.67. The summed E-state index contributed by atoms with van der Waals surface area (Å²) in [5.41, 5.74) is 3.32. The predicted molar refractivity (Wildman–Crippen MR) is 115 cm³/mol. The average molecular weight is 409 g/mol. The standard InChI is InChI=1S/C23H24N2O3S/c1-27-18-9-6-16(7-10-18)8-11-22(26)25-13-12-20-21(15-25)29-23(24-20)17-4-3-5-19(14-17)28-2/h3-7,9-10,14H,8,11-13,15H2,1-2H3. The van der Waals surface area contributed by atoms with E-state index in [-0.39, 0.29) is 5.91 Å². The molecule has 4 rings (SSSR count). The van der Waals surface area contributed by atoms with E-state index in [1.54, 1.807) is 25.6 Å². The van der Waals surface area contributed by atoms with E-state index in [1.165, 1.54) is 4.88 Å². The molecule has 1 aromatic heterocycles. The lowest BCUT2D eigenvalue weighted by Gasteiger charge is -2.26. The van der Waals surface area contributed by atoms with E-state index in [1.807, 2.05) is 53.4 Å². The van der Waals surface area contributed by atoms with Crippen molar-refractivity contribution in [2.24, 2.45) is 0 Å². The number of methoxy groups -OCH3 is 2. The number of hydrogen-bond acceptors (Lipinski definition) is 5.